The number of amides is 1. The smallest absolute Gasteiger partial charge is 0.243 e. The molecule has 0 radical (unpaired) electrons. The Morgan fingerprint density at radius 1 is 1.32 bits per heavy atom. The van der Waals surface area contributed by atoms with Crippen LogP contribution >= 0.6 is 12.2 Å². The van der Waals surface area contributed by atoms with Gasteiger partial charge in [-0.3, -0.25) is 4.79 Å². The van der Waals surface area contributed by atoms with Gasteiger partial charge >= 0.3 is 0 Å². The van der Waals surface area contributed by atoms with Gasteiger partial charge in [-0.25, -0.2) is 0 Å². The molecule has 0 bridgehead atoms. The summed E-state index contributed by atoms with van der Waals surface area (Å²) in [6.07, 6.45) is 0. The number of hydrogen-bond donors (Lipinski definition) is 2. The van der Waals surface area contributed by atoms with Crippen LogP contribution in [0.25, 0.3) is 0 Å². The van der Waals surface area contributed by atoms with E-state index >= 15 is 0 Å². The predicted molar refractivity (Wildman–Crippen MR) is 83.3 cm³/mol. The number of anilines is 1. The fourth-order valence-corrected chi connectivity index (χ4v) is 1.78. The van der Waals surface area contributed by atoms with Crippen LogP contribution in [0, 0.1) is 6.92 Å². The van der Waals surface area contributed by atoms with E-state index < -0.39 is 0 Å². The average molecular weight is 279 g/mol. The molecule has 1 aromatic carbocycles. The van der Waals surface area contributed by atoms with Crippen LogP contribution < -0.4 is 10.6 Å². The van der Waals surface area contributed by atoms with E-state index in [0.29, 0.717) is 5.11 Å². The molecule has 1 rings (SSSR count). The van der Waals surface area contributed by atoms with Crippen LogP contribution in [0.1, 0.15) is 19.4 Å². The third-order valence-corrected chi connectivity index (χ3v) is 2.90. The first kappa shape index (κ1) is 15.4. The van der Waals surface area contributed by atoms with Crippen molar-refractivity contribution in [1.29, 1.82) is 0 Å². The van der Waals surface area contributed by atoms with E-state index in [-0.39, 0.29) is 18.5 Å². The third-order valence-electron chi connectivity index (χ3n) is 2.47. The Morgan fingerprint density at radius 3 is 2.42 bits per heavy atom. The number of nitrogens with zero attached hydrogens (tertiary/aromatic N) is 1. The average Bonchev–Trinajstić information content (AvgIpc) is 2.31. The standard InChI is InChI=1S/C14H21N3OS/c1-10(2)15-14(19)17(4)9-13(18)16-12-7-5-11(3)6-8-12/h5-8,10H,9H2,1-4H3,(H,15,19)(H,16,18). The Balaban J connectivity index is 2.46. The first-order valence-electron chi connectivity index (χ1n) is 6.26. The highest BCUT2D eigenvalue weighted by Crippen LogP contribution is 2.08. The number of nitrogens with one attached hydrogen (secondary N) is 2. The molecule has 0 aliphatic carbocycles. The van der Waals surface area contributed by atoms with Gasteiger partial charge in [-0.15, -0.1) is 0 Å². The number of rotatable bonds is 4. The van der Waals surface area contributed by atoms with Gasteiger partial charge in [0, 0.05) is 18.8 Å². The van der Waals surface area contributed by atoms with Gasteiger partial charge in [0.1, 0.15) is 0 Å². The molecule has 19 heavy (non-hydrogen) atoms. The summed E-state index contributed by atoms with van der Waals surface area (Å²) in [7, 11) is 1.80. The van der Waals surface area contributed by atoms with Crippen LogP contribution in [0.15, 0.2) is 24.3 Å². The van der Waals surface area contributed by atoms with Crippen LogP contribution in [0.2, 0.25) is 0 Å². The first-order valence-corrected chi connectivity index (χ1v) is 6.67. The van der Waals surface area contributed by atoms with Gasteiger partial charge in [-0.2, -0.15) is 0 Å². The Labute approximate surface area is 120 Å². The van der Waals surface area contributed by atoms with Crippen LogP contribution in [-0.4, -0.2) is 35.6 Å². The minimum Gasteiger partial charge on any atom is -0.360 e. The van der Waals surface area contributed by atoms with Crippen molar-refractivity contribution in [2.75, 3.05) is 18.9 Å². The maximum atomic E-state index is 11.9. The van der Waals surface area contributed by atoms with Crippen molar-refractivity contribution in [3.8, 4) is 0 Å². The SMILES string of the molecule is Cc1ccc(NC(=O)CN(C)C(=S)NC(C)C)cc1. The Hall–Kier alpha value is -1.62. The van der Waals surface area contributed by atoms with E-state index in [1.54, 1.807) is 11.9 Å². The molecule has 2 N–H and O–H groups in total. The Kier molecular flexibility index (Phi) is 5.76. The normalized spacial score (nSPS) is 10.2. The summed E-state index contributed by atoms with van der Waals surface area (Å²) in [5.41, 5.74) is 1.96. The lowest BCUT2D eigenvalue weighted by molar-refractivity contribution is -0.116. The fraction of sp³-hybridized carbons (Fsp3) is 0.429. The summed E-state index contributed by atoms with van der Waals surface area (Å²) in [5.74, 6) is -0.0840. The van der Waals surface area contributed by atoms with Crippen molar-refractivity contribution in [3.63, 3.8) is 0 Å². The van der Waals surface area contributed by atoms with Crippen molar-refractivity contribution >= 4 is 28.9 Å². The zero-order valence-corrected chi connectivity index (χ0v) is 12.7. The maximum Gasteiger partial charge on any atom is 0.243 e. The van der Waals surface area contributed by atoms with Gasteiger partial charge in [0.05, 0.1) is 6.54 Å². The molecule has 0 aromatic heterocycles. The molecule has 0 unspecified atom stereocenters. The quantitative estimate of drug-likeness (QED) is 0.829. The van der Waals surface area contributed by atoms with Crippen molar-refractivity contribution < 1.29 is 4.79 Å². The monoisotopic (exact) mass is 279 g/mol. The lowest BCUT2D eigenvalue weighted by Crippen LogP contribution is -2.43. The number of benzene rings is 1. The van der Waals surface area contributed by atoms with Crippen molar-refractivity contribution in [3.05, 3.63) is 29.8 Å². The molecule has 4 nitrogen and oxygen atoms in total. The van der Waals surface area contributed by atoms with Gasteiger partial charge in [0.25, 0.3) is 0 Å². The number of aryl methyl sites for hydroxylation is 1. The molecule has 0 spiro atoms. The fourth-order valence-electron chi connectivity index (χ4n) is 1.48. The minimum absolute atomic E-state index is 0.0840. The highest BCUT2D eigenvalue weighted by Gasteiger charge is 2.10. The molecule has 0 atom stereocenters. The van der Waals surface area contributed by atoms with Crippen LogP contribution in [0.3, 0.4) is 0 Å². The zero-order valence-electron chi connectivity index (χ0n) is 11.9. The van der Waals surface area contributed by atoms with E-state index in [4.69, 9.17) is 12.2 Å². The number of hydrogen-bond acceptors (Lipinski definition) is 2. The molecule has 0 aliphatic rings. The molecule has 0 saturated carbocycles. The topological polar surface area (TPSA) is 44.4 Å². The van der Waals surface area contributed by atoms with Crippen LogP contribution in [-0.2, 0) is 4.79 Å². The number of likely N-dealkylation sites (N-methyl/N-ethyl adjacent to an activating group) is 1. The Morgan fingerprint density at radius 2 is 1.89 bits per heavy atom. The molecule has 0 fully saturated rings. The van der Waals surface area contributed by atoms with Crippen LogP contribution in [0.5, 0.6) is 0 Å². The summed E-state index contributed by atoms with van der Waals surface area (Å²) in [5, 5.41) is 6.51. The minimum atomic E-state index is -0.0840. The molecule has 0 heterocycles. The van der Waals surface area contributed by atoms with Gasteiger partial charge in [0.2, 0.25) is 5.91 Å². The number of carbonyl (C=O) groups is 1. The van der Waals surface area contributed by atoms with Crippen molar-refractivity contribution in [2.45, 2.75) is 26.8 Å². The third kappa shape index (κ3) is 5.70. The van der Waals surface area contributed by atoms with E-state index in [1.165, 1.54) is 0 Å². The summed E-state index contributed by atoms with van der Waals surface area (Å²) < 4.78 is 0. The van der Waals surface area contributed by atoms with Crippen molar-refractivity contribution in [1.82, 2.24) is 10.2 Å². The lowest BCUT2D eigenvalue weighted by atomic mass is 10.2. The van der Waals surface area contributed by atoms with E-state index in [9.17, 15) is 4.79 Å². The Bertz CT molecular complexity index is 443. The maximum absolute atomic E-state index is 11.9. The van der Waals surface area contributed by atoms with E-state index in [0.717, 1.165) is 11.3 Å². The summed E-state index contributed by atoms with van der Waals surface area (Å²) >= 11 is 5.19. The summed E-state index contributed by atoms with van der Waals surface area (Å²) in [6, 6.07) is 7.96. The molecular formula is C14H21N3OS. The second kappa shape index (κ2) is 7.09. The molecule has 1 aromatic rings. The van der Waals surface area contributed by atoms with Crippen molar-refractivity contribution in [2.24, 2.45) is 0 Å². The first-order chi connectivity index (χ1) is 8.88. The molecule has 0 aliphatic heterocycles. The van der Waals surface area contributed by atoms with E-state index in [1.807, 2.05) is 45.0 Å². The molecule has 0 saturated heterocycles. The molecule has 104 valence electrons. The van der Waals surface area contributed by atoms with Gasteiger partial charge in [-0.1, -0.05) is 17.7 Å². The van der Waals surface area contributed by atoms with Gasteiger partial charge < -0.3 is 15.5 Å². The largest absolute Gasteiger partial charge is 0.360 e. The molecule has 1 amide bonds. The summed E-state index contributed by atoms with van der Waals surface area (Å²) in [6.45, 7) is 6.25. The van der Waals surface area contributed by atoms with E-state index in [2.05, 4.69) is 10.6 Å². The number of thiocarbonyl (C=S) groups is 1. The summed E-state index contributed by atoms with van der Waals surface area (Å²) in [4.78, 5) is 13.6. The zero-order chi connectivity index (χ0) is 14.4. The lowest BCUT2D eigenvalue weighted by Gasteiger charge is -2.22. The van der Waals surface area contributed by atoms with Gasteiger partial charge in [0.15, 0.2) is 5.11 Å². The molecular weight excluding hydrogens is 258 g/mol. The van der Waals surface area contributed by atoms with Gasteiger partial charge in [-0.05, 0) is 45.1 Å². The predicted octanol–water partition coefficient (Wildman–Crippen LogP) is 2.15. The van der Waals surface area contributed by atoms with Crippen LogP contribution in [0.4, 0.5) is 5.69 Å². The number of carbonyl (C=O) groups excluding carboxylic acids is 1. The highest BCUT2D eigenvalue weighted by molar-refractivity contribution is 7.80. The second-order valence-corrected chi connectivity index (χ2v) is 5.26. The molecule has 5 heteroatoms. The second-order valence-electron chi connectivity index (χ2n) is 4.87. The highest BCUT2D eigenvalue weighted by atomic mass is 32.1.